The fraction of sp³-hybridized carbons (Fsp3) is 0.375. The van der Waals surface area contributed by atoms with Crippen LogP contribution >= 0.6 is 0 Å². The summed E-state index contributed by atoms with van der Waals surface area (Å²) < 4.78 is 17.4. The van der Waals surface area contributed by atoms with Crippen LogP contribution in [0.4, 0.5) is 17.6 Å². The van der Waals surface area contributed by atoms with Gasteiger partial charge in [0.1, 0.15) is 6.07 Å². The van der Waals surface area contributed by atoms with E-state index in [4.69, 9.17) is 34.9 Å². The highest BCUT2D eigenvalue weighted by molar-refractivity contribution is 5.96. The fourth-order valence-electron chi connectivity index (χ4n) is 4.18. The van der Waals surface area contributed by atoms with Crippen molar-refractivity contribution in [3.63, 3.8) is 0 Å². The number of hydrogen-bond donors (Lipinski definition) is 1. The number of benzene rings is 1. The SMILES string of the molecule is COC(=O)c1c(N)c(C#N)cn1-c1ccc(-c2nc(N3CCOCC3)nc(N3CCOCC3)n2)cc1. The Morgan fingerprint density at radius 3 is 2.03 bits per heavy atom. The van der Waals surface area contributed by atoms with Crippen molar-refractivity contribution in [1.29, 1.82) is 5.26 Å². The van der Waals surface area contributed by atoms with E-state index in [1.807, 2.05) is 30.3 Å². The smallest absolute Gasteiger partial charge is 0.357 e. The highest BCUT2D eigenvalue weighted by Gasteiger charge is 2.23. The second-order valence-corrected chi connectivity index (χ2v) is 8.28. The van der Waals surface area contributed by atoms with Gasteiger partial charge in [0.25, 0.3) is 0 Å². The molecule has 2 N–H and O–H groups in total. The van der Waals surface area contributed by atoms with Crippen molar-refractivity contribution in [3.05, 3.63) is 41.7 Å². The van der Waals surface area contributed by atoms with E-state index in [1.165, 1.54) is 13.3 Å². The summed E-state index contributed by atoms with van der Waals surface area (Å²) in [6.07, 6.45) is 1.52. The maximum absolute atomic E-state index is 12.3. The molecule has 0 saturated carbocycles. The van der Waals surface area contributed by atoms with Gasteiger partial charge < -0.3 is 34.3 Å². The van der Waals surface area contributed by atoms with E-state index in [0.717, 1.165) is 5.56 Å². The number of nitriles is 1. The molecule has 186 valence electrons. The molecular formula is C24H26N8O4. The van der Waals surface area contributed by atoms with Crippen molar-refractivity contribution < 1.29 is 19.0 Å². The highest BCUT2D eigenvalue weighted by atomic mass is 16.5. The summed E-state index contributed by atoms with van der Waals surface area (Å²) in [5.41, 5.74) is 7.83. The summed E-state index contributed by atoms with van der Waals surface area (Å²) in [5, 5.41) is 9.38. The molecule has 0 radical (unpaired) electrons. The number of rotatable bonds is 5. The first-order valence-electron chi connectivity index (χ1n) is 11.6. The first-order valence-corrected chi connectivity index (χ1v) is 11.6. The molecule has 0 amide bonds. The average molecular weight is 491 g/mol. The first-order chi connectivity index (χ1) is 17.6. The number of anilines is 3. The number of ether oxygens (including phenoxy) is 3. The van der Waals surface area contributed by atoms with E-state index in [9.17, 15) is 10.1 Å². The van der Waals surface area contributed by atoms with Crippen molar-refractivity contribution >= 4 is 23.6 Å². The molecule has 0 aliphatic carbocycles. The van der Waals surface area contributed by atoms with Crippen molar-refractivity contribution in [2.24, 2.45) is 0 Å². The number of carbonyl (C=O) groups excluding carboxylic acids is 1. The number of aromatic nitrogens is 4. The minimum atomic E-state index is -0.624. The lowest BCUT2D eigenvalue weighted by molar-refractivity contribution is 0.0593. The average Bonchev–Trinajstić information content (AvgIpc) is 3.29. The van der Waals surface area contributed by atoms with Gasteiger partial charge in [-0.15, -0.1) is 0 Å². The standard InChI is InChI=1S/C24H26N8O4/c1-34-22(33)20-19(26)17(14-25)15-32(20)18-4-2-16(3-5-18)21-27-23(30-6-10-35-11-7-30)29-24(28-21)31-8-12-36-13-9-31/h2-5,15H,6-13,26H2,1H3. The van der Waals surface area contributed by atoms with E-state index in [2.05, 4.69) is 9.80 Å². The summed E-state index contributed by atoms with van der Waals surface area (Å²) in [6, 6.07) is 9.36. The molecule has 4 heterocycles. The predicted octanol–water partition coefficient (Wildman–Crippen LogP) is 1.24. The highest BCUT2D eigenvalue weighted by Crippen LogP contribution is 2.27. The second kappa shape index (κ2) is 10.2. The lowest BCUT2D eigenvalue weighted by atomic mass is 10.2. The van der Waals surface area contributed by atoms with Crippen LogP contribution in [0.3, 0.4) is 0 Å². The molecule has 2 saturated heterocycles. The van der Waals surface area contributed by atoms with Crippen LogP contribution in [-0.4, -0.2) is 85.2 Å². The topological polar surface area (TPSA) is 145 Å². The molecular weight excluding hydrogens is 464 g/mol. The van der Waals surface area contributed by atoms with Crippen LogP contribution < -0.4 is 15.5 Å². The molecule has 12 heteroatoms. The Labute approximate surface area is 207 Å². The third-order valence-corrected chi connectivity index (χ3v) is 6.15. The largest absolute Gasteiger partial charge is 0.464 e. The third kappa shape index (κ3) is 4.53. The lowest BCUT2D eigenvalue weighted by Gasteiger charge is -2.30. The molecule has 2 aromatic heterocycles. The summed E-state index contributed by atoms with van der Waals surface area (Å²) in [4.78, 5) is 30.8. The van der Waals surface area contributed by atoms with Gasteiger partial charge in [0.2, 0.25) is 11.9 Å². The molecule has 0 atom stereocenters. The number of nitrogen functional groups attached to an aromatic ring is 1. The van der Waals surface area contributed by atoms with Gasteiger partial charge in [-0.1, -0.05) is 0 Å². The van der Waals surface area contributed by atoms with Gasteiger partial charge >= 0.3 is 5.97 Å². The van der Waals surface area contributed by atoms with Crippen LogP contribution in [0.25, 0.3) is 17.1 Å². The van der Waals surface area contributed by atoms with Gasteiger partial charge in [0.05, 0.1) is 44.8 Å². The van der Waals surface area contributed by atoms with Crippen molar-refractivity contribution in [2.75, 3.05) is 75.2 Å². The van der Waals surface area contributed by atoms with E-state index in [0.29, 0.717) is 76.0 Å². The molecule has 5 rings (SSSR count). The van der Waals surface area contributed by atoms with Crippen LogP contribution in [0, 0.1) is 11.3 Å². The Morgan fingerprint density at radius 1 is 0.972 bits per heavy atom. The summed E-state index contributed by atoms with van der Waals surface area (Å²) >= 11 is 0. The monoisotopic (exact) mass is 490 g/mol. The molecule has 2 aliphatic heterocycles. The van der Waals surface area contributed by atoms with E-state index in [-0.39, 0.29) is 16.9 Å². The van der Waals surface area contributed by atoms with Gasteiger partial charge in [-0.25, -0.2) is 4.79 Å². The Hall–Kier alpha value is -4.21. The number of hydrogen-bond acceptors (Lipinski definition) is 11. The predicted molar refractivity (Wildman–Crippen MR) is 131 cm³/mol. The lowest BCUT2D eigenvalue weighted by Crippen LogP contribution is -2.40. The normalized spacial score (nSPS) is 16.0. The maximum Gasteiger partial charge on any atom is 0.357 e. The zero-order valence-electron chi connectivity index (χ0n) is 19.9. The molecule has 36 heavy (non-hydrogen) atoms. The molecule has 12 nitrogen and oxygen atoms in total. The van der Waals surface area contributed by atoms with E-state index in [1.54, 1.807) is 4.57 Å². The van der Waals surface area contributed by atoms with Crippen molar-refractivity contribution in [3.8, 4) is 23.1 Å². The number of carbonyl (C=O) groups is 1. The summed E-state index contributed by atoms with van der Waals surface area (Å²) in [5.74, 6) is 1.13. The maximum atomic E-state index is 12.3. The Morgan fingerprint density at radius 2 is 1.53 bits per heavy atom. The molecule has 3 aromatic rings. The number of methoxy groups -OCH3 is 1. The Kier molecular flexibility index (Phi) is 6.66. The quantitative estimate of drug-likeness (QED) is 0.516. The van der Waals surface area contributed by atoms with Crippen LogP contribution in [0.2, 0.25) is 0 Å². The van der Waals surface area contributed by atoms with Crippen LogP contribution in [-0.2, 0) is 14.2 Å². The summed E-state index contributed by atoms with van der Waals surface area (Å²) in [7, 11) is 1.27. The molecule has 0 unspecified atom stereocenters. The van der Waals surface area contributed by atoms with Crippen LogP contribution in [0.15, 0.2) is 30.5 Å². The van der Waals surface area contributed by atoms with Gasteiger partial charge in [0.15, 0.2) is 11.5 Å². The number of morpholine rings is 2. The van der Waals surface area contributed by atoms with Crippen LogP contribution in [0.5, 0.6) is 0 Å². The van der Waals surface area contributed by atoms with E-state index < -0.39 is 5.97 Å². The molecule has 0 bridgehead atoms. The zero-order chi connectivity index (χ0) is 25.1. The number of esters is 1. The van der Waals surface area contributed by atoms with Gasteiger partial charge in [-0.2, -0.15) is 20.2 Å². The minimum absolute atomic E-state index is 0.0798. The molecule has 2 aliphatic rings. The van der Waals surface area contributed by atoms with Crippen molar-refractivity contribution in [1.82, 2.24) is 19.5 Å². The van der Waals surface area contributed by atoms with Crippen LogP contribution in [0.1, 0.15) is 16.1 Å². The molecule has 0 spiro atoms. The van der Waals surface area contributed by atoms with Gasteiger partial charge in [0, 0.05) is 43.6 Å². The molecule has 2 fully saturated rings. The van der Waals surface area contributed by atoms with Crippen molar-refractivity contribution in [2.45, 2.75) is 0 Å². The second-order valence-electron chi connectivity index (χ2n) is 8.28. The Balaban J connectivity index is 1.52. The zero-order valence-corrected chi connectivity index (χ0v) is 19.9. The minimum Gasteiger partial charge on any atom is -0.464 e. The Bertz CT molecular complexity index is 1250. The molecule has 1 aromatic carbocycles. The summed E-state index contributed by atoms with van der Waals surface area (Å²) in [6.45, 7) is 5.31. The van der Waals surface area contributed by atoms with Gasteiger partial charge in [-0.3, -0.25) is 0 Å². The fourth-order valence-corrected chi connectivity index (χ4v) is 4.18. The number of nitrogens with zero attached hydrogens (tertiary/aromatic N) is 7. The first kappa shape index (κ1) is 23.5. The third-order valence-electron chi connectivity index (χ3n) is 6.15. The van der Waals surface area contributed by atoms with E-state index >= 15 is 0 Å². The number of nitrogens with two attached hydrogens (primary N) is 1. The van der Waals surface area contributed by atoms with Gasteiger partial charge in [-0.05, 0) is 24.3 Å².